The highest BCUT2D eigenvalue weighted by Gasteiger charge is 2.39. The third-order valence-corrected chi connectivity index (χ3v) is 3.53. The van der Waals surface area contributed by atoms with Crippen LogP contribution < -0.4 is 11.1 Å². The Hall–Kier alpha value is -1.43. The van der Waals surface area contributed by atoms with Gasteiger partial charge >= 0.3 is 0 Å². The molecule has 0 aliphatic heterocycles. The fourth-order valence-corrected chi connectivity index (χ4v) is 1.87. The predicted octanol–water partition coefficient (Wildman–Crippen LogP) is 1.63. The molecular weight excluding hydrogens is 244 g/mol. The van der Waals surface area contributed by atoms with Crippen molar-refractivity contribution >= 4 is 5.91 Å². The second-order valence-corrected chi connectivity index (χ2v) is 6.41. The van der Waals surface area contributed by atoms with Crippen LogP contribution in [0.4, 0.5) is 0 Å². The van der Waals surface area contributed by atoms with Gasteiger partial charge in [0, 0.05) is 5.41 Å². The van der Waals surface area contributed by atoms with Gasteiger partial charge in [-0.1, -0.05) is 25.9 Å². The molecule has 0 saturated heterocycles. The van der Waals surface area contributed by atoms with Crippen LogP contribution in [0.15, 0.2) is 4.52 Å². The van der Waals surface area contributed by atoms with Gasteiger partial charge in [-0.05, 0) is 26.2 Å². The normalized spacial score (nSPS) is 19.6. The molecule has 1 amide bonds. The first kappa shape index (κ1) is 14.0. The number of hydrogen-bond acceptors (Lipinski definition) is 5. The van der Waals surface area contributed by atoms with Crippen LogP contribution in [0, 0.1) is 5.41 Å². The van der Waals surface area contributed by atoms with Gasteiger partial charge in [-0.2, -0.15) is 4.98 Å². The number of rotatable bonds is 3. The zero-order valence-corrected chi connectivity index (χ0v) is 12.0. The van der Waals surface area contributed by atoms with Crippen molar-refractivity contribution in [2.24, 2.45) is 11.1 Å². The van der Waals surface area contributed by atoms with E-state index in [4.69, 9.17) is 10.3 Å². The second-order valence-electron chi connectivity index (χ2n) is 6.41. The lowest BCUT2D eigenvalue weighted by molar-refractivity contribution is -0.129. The largest absolute Gasteiger partial charge is 0.344 e. The van der Waals surface area contributed by atoms with Crippen LogP contribution in [0.1, 0.15) is 64.7 Å². The van der Waals surface area contributed by atoms with Crippen molar-refractivity contribution < 1.29 is 9.32 Å². The zero-order chi connectivity index (χ0) is 14.3. The van der Waals surface area contributed by atoms with E-state index in [-0.39, 0.29) is 11.9 Å². The van der Waals surface area contributed by atoms with Crippen molar-refractivity contribution in [2.75, 3.05) is 0 Å². The van der Waals surface area contributed by atoms with Gasteiger partial charge in [0.05, 0.1) is 5.54 Å². The number of nitrogens with one attached hydrogen (secondary N) is 1. The maximum Gasteiger partial charge on any atom is 0.248 e. The van der Waals surface area contributed by atoms with Crippen LogP contribution in [0.25, 0.3) is 0 Å². The van der Waals surface area contributed by atoms with Gasteiger partial charge in [-0.25, -0.2) is 0 Å². The van der Waals surface area contributed by atoms with E-state index in [0.29, 0.717) is 11.7 Å². The number of aromatic nitrogens is 2. The van der Waals surface area contributed by atoms with Crippen molar-refractivity contribution in [3.63, 3.8) is 0 Å². The molecule has 6 nitrogen and oxygen atoms in total. The lowest BCUT2D eigenvalue weighted by atomic mass is 9.77. The number of carbonyl (C=O) groups excluding carboxylic acids is 1. The van der Waals surface area contributed by atoms with Crippen LogP contribution in [-0.4, -0.2) is 16.0 Å². The Bertz CT molecular complexity index is 471. The molecule has 1 aromatic heterocycles. The van der Waals surface area contributed by atoms with Gasteiger partial charge < -0.3 is 15.6 Å². The molecule has 2 rings (SSSR count). The Morgan fingerprint density at radius 2 is 2.11 bits per heavy atom. The van der Waals surface area contributed by atoms with Crippen LogP contribution in [0.2, 0.25) is 0 Å². The fourth-order valence-electron chi connectivity index (χ4n) is 1.87. The summed E-state index contributed by atoms with van der Waals surface area (Å²) in [6.07, 6.45) is 2.86. The molecule has 1 aliphatic rings. The van der Waals surface area contributed by atoms with Crippen molar-refractivity contribution in [3.05, 3.63) is 11.7 Å². The first-order valence-electron chi connectivity index (χ1n) is 6.66. The van der Waals surface area contributed by atoms with Gasteiger partial charge in [0.25, 0.3) is 0 Å². The van der Waals surface area contributed by atoms with Crippen LogP contribution >= 0.6 is 0 Å². The summed E-state index contributed by atoms with van der Waals surface area (Å²) in [5.74, 6) is 0.904. The van der Waals surface area contributed by atoms with Crippen LogP contribution in [0.5, 0.6) is 0 Å². The average Bonchev–Trinajstić information content (AvgIpc) is 2.73. The van der Waals surface area contributed by atoms with Crippen LogP contribution in [-0.2, 0) is 10.3 Å². The minimum Gasteiger partial charge on any atom is -0.344 e. The summed E-state index contributed by atoms with van der Waals surface area (Å²) in [6.45, 7) is 7.40. The summed E-state index contributed by atoms with van der Waals surface area (Å²) in [5.41, 5.74) is 5.26. The van der Waals surface area contributed by atoms with Crippen molar-refractivity contribution in [2.45, 2.75) is 58.5 Å². The van der Waals surface area contributed by atoms with E-state index in [1.54, 1.807) is 0 Å². The summed E-state index contributed by atoms with van der Waals surface area (Å²) in [5, 5.41) is 6.80. The van der Waals surface area contributed by atoms with E-state index in [9.17, 15) is 4.79 Å². The summed E-state index contributed by atoms with van der Waals surface area (Å²) in [7, 11) is 0. The van der Waals surface area contributed by atoms with E-state index in [2.05, 4.69) is 15.5 Å². The molecule has 0 spiro atoms. The number of nitrogens with two attached hydrogens (primary N) is 1. The SMILES string of the molecule is CC(NC(=O)C(C)(C)C)c1nc(C2(N)CCC2)no1. The molecule has 19 heavy (non-hydrogen) atoms. The topological polar surface area (TPSA) is 94.0 Å². The van der Waals surface area contributed by atoms with Gasteiger partial charge in [-0.15, -0.1) is 0 Å². The quantitative estimate of drug-likeness (QED) is 0.867. The third-order valence-electron chi connectivity index (χ3n) is 3.53. The molecule has 0 aromatic carbocycles. The molecule has 0 radical (unpaired) electrons. The average molecular weight is 266 g/mol. The second kappa shape index (κ2) is 4.59. The van der Waals surface area contributed by atoms with Gasteiger partial charge in [0.15, 0.2) is 5.82 Å². The lowest BCUT2D eigenvalue weighted by Gasteiger charge is -2.34. The maximum atomic E-state index is 11.9. The fraction of sp³-hybridized carbons (Fsp3) is 0.769. The van der Waals surface area contributed by atoms with E-state index < -0.39 is 11.0 Å². The van der Waals surface area contributed by atoms with Crippen molar-refractivity contribution in [1.82, 2.24) is 15.5 Å². The van der Waals surface area contributed by atoms with E-state index in [1.807, 2.05) is 27.7 Å². The van der Waals surface area contributed by atoms with Crippen molar-refractivity contribution in [1.29, 1.82) is 0 Å². The van der Waals surface area contributed by atoms with Gasteiger partial charge in [-0.3, -0.25) is 4.79 Å². The first-order valence-corrected chi connectivity index (χ1v) is 6.66. The van der Waals surface area contributed by atoms with E-state index in [0.717, 1.165) is 19.3 Å². The monoisotopic (exact) mass is 266 g/mol. The molecular formula is C13H22N4O2. The Morgan fingerprint density at radius 1 is 1.47 bits per heavy atom. The molecule has 0 bridgehead atoms. The Labute approximate surface area is 113 Å². The minimum atomic E-state index is -0.444. The maximum absolute atomic E-state index is 11.9. The number of hydrogen-bond donors (Lipinski definition) is 2. The number of nitrogens with zero attached hydrogens (tertiary/aromatic N) is 2. The van der Waals surface area contributed by atoms with E-state index in [1.165, 1.54) is 0 Å². The summed E-state index contributed by atoms with van der Waals surface area (Å²) in [6, 6.07) is -0.309. The standard InChI is InChI=1S/C13H22N4O2/c1-8(15-11(18)12(2,3)4)9-16-10(17-19-9)13(14)6-5-7-13/h8H,5-7,14H2,1-4H3,(H,15,18). The zero-order valence-electron chi connectivity index (χ0n) is 12.0. The predicted molar refractivity (Wildman–Crippen MR) is 70.0 cm³/mol. The summed E-state index contributed by atoms with van der Waals surface area (Å²) >= 11 is 0. The van der Waals surface area contributed by atoms with E-state index >= 15 is 0 Å². The molecule has 1 unspecified atom stereocenters. The van der Waals surface area contributed by atoms with Gasteiger partial charge in [0.1, 0.15) is 6.04 Å². The molecule has 106 valence electrons. The molecule has 3 N–H and O–H groups in total. The minimum absolute atomic E-state index is 0.0501. The van der Waals surface area contributed by atoms with Crippen LogP contribution in [0.3, 0.4) is 0 Å². The highest BCUT2D eigenvalue weighted by molar-refractivity contribution is 5.81. The van der Waals surface area contributed by atoms with Gasteiger partial charge in [0.2, 0.25) is 11.8 Å². The Morgan fingerprint density at radius 3 is 2.58 bits per heavy atom. The Balaban J connectivity index is 2.04. The summed E-state index contributed by atoms with van der Waals surface area (Å²) in [4.78, 5) is 16.2. The smallest absolute Gasteiger partial charge is 0.248 e. The number of amides is 1. The molecule has 1 aromatic rings. The third kappa shape index (κ3) is 2.78. The highest BCUT2D eigenvalue weighted by Crippen LogP contribution is 2.37. The molecule has 1 heterocycles. The molecule has 1 saturated carbocycles. The first-order chi connectivity index (χ1) is 8.72. The van der Waals surface area contributed by atoms with Crippen molar-refractivity contribution in [3.8, 4) is 0 Å². The Kier molecular flexibility index (Phi) is 3.38. The highest BCUT2D eigenvalue weighted by atomic mass is 16.5. The molecule has 1 aliphatic carbocycles. The summed E-state index contributed by atoms with van der Waals surface area (Å²) < 4.78 is 5.21. The molecule has 1 atom stereocenters. The number of carbonyl (C=O) groups is 1. The molecule has 6 heteroatoms. The molecule has 1 fully saturated rings. The lowest BCUT2D eigenvalue weighted by Crippen LogP contribution is -2.44.